The lowest BCUT2D eigenvalue weighted by Gasteiger charge is -2.29. The van der Waals surface area contributed by atoms with Gasteiger partial charge in [0, 0.05) is 24.0 Å². The first-order valence-corrected chi connectivity index (χ1v) is 10.9. The summed E-state index contributed by atoms with van der Waals surface area (Å²) in [6.45, 7) is 6.92. The molecule has 1 unspecified atom stereocenters. The SMILES string of the molecule is CC(C)NC(=O)C(C)N(Cc1cccc(Cl)c1)C(=O)CCc1ccc2c(c1)OCCO2. The molecule has 166 valence electrons. The van der Waals surface area contributed by atoms with Crippen LogP contribution < -0.4 is 14.8 Å². The van der Waals surface area contributed by atoms with Crippen LogP contribution in [-0.2, 0) is 22.6 Å². The maximum atomic E-state index is 13.2. The molecule has 0 spiro atoms. The molecule has 1 aliphatic heterocycles. The van der Waals surface area contributed by atoms with E-state index in [-0.39, 0.29) is 24.3 Å². The minimum atomic E-state index is -0.603. The van der Waals surface area contributed by atoms with Crippen LogP contribution in [-0.4, -0.2) is 42.0 Å². The summed E-state index contributed by atoms with van der Waals surface area (Å²) < 4.78 is 11.2. The van der Waals surface area contributed by atoms with Crippen molar-refractivity contribution in [1.82, 2.24) is 10.2 Å². The van der Waals surface area contributed by atoms with Gasteiger partial charge < -0.3 is 19.7 Å². The van der Waals surface area contributed by atoms with Gasteiger partial charge in [-0.15, -0.1) is 0 Å². The van der Waals surface area contributed by atoms with Gasteiger partial charge in [0.2, 0.25) is 11.8 Å². The number of ether oxygens (including phenoxy) is 2. The van der Waals surface area contributed by atoms with E-state index in [4.69, 9.17) is 21.1 Å². The number of nitrogens with zero attached hydrogens (tertiary/aromatic N) is 1. The smallest absolute Gasteiger partial charge is 0.242 e. The third kappa shape index (κ3) is 6.37. The monoisotopic (exact) mass is 444 g/mol. The van der Waals surface area contributed by atoms with Crippen molar-refractivity contribution in [3.63, 3.8) is 0 Å². The second-order valence-corrected chi connectivity index (χ2v) is 8.41. The molecule has 0 aliphatic carbocycles. The second-order valence-electron chi connectivity index (χ2n) is 7.97. The first-order valence-electron chi connectivity index (χ1n) is 10.6. The van der Waals surface area contributed by atoms with Crippen molar-refractivity contribution in [2.24, 2.45) is 0 Å². The number of carbonyl (C=O) groups excluding carboxylic acids is 2. The van der Waals surface area contributed by atoms with Gasteiger partial charge in [0.05, 0.1) is 0 Å². The maximum absolute atomic E-state index is 13.2. The quantitative estimate of drug-likeness (QED) is 0.668. The first-order chi connectivity index (χ1) is 14.8. The Labute approximate surface area is 188 Å². The molecule has 0 saturated carbocycles. The Morgan fingerprint density at radius 1 is 1.03 bits per heavy atom. The molecule has 6 nitrogen and oxygen atoms in total. The van der Waals surface area contributed by atoms with Crippen LogP contribution in [0.25, 0.3) is 0 Å². The molecule has 2 aromatic carbocycles. The Balaban J connectivity index is 1.72. The van der Waals surface area contributed by atoms with Gasteiger partial charge >= 0.3 is 0 Å². The molecule has 2 aromatic rings. The number of amides is 2. The van der Waals surface area contributed by atoms with Crippen molar-refractivity contribution in [3.8, 4) is 11.5 Å². The topological polar surface area (TPSA) is 67.9 Å². The van der Waals surface area contributed by atoms with Gasteiger partial charge in [-0.3, -0.25) is 9.59 Å². The number of fused-ring (bicyclic) bond motifs is 1. The molecule has 0 saturated heterocycles. The minimum Gasteiger partial charge on any atom is -0.486 e. The Kier molecular flexibility index (Phi) is 7.80. The molecule has 1 N–H and O–H groups in total. The number of hydrogen-bond acceptors (Lipinski definition) is 4. The Hall–Kier alpha value is -2.73. The highest BCUT2D eigenvalue weighted by atomic mass is 35.5. The van der Waals surface area contributed by atoms with Crippen molar-refractivity contribution in [1.29, 1.82) is 0 Å². The van der Waals surface area contributed by atoms with Crippen LogP contribution in [0.4, 0.5) is 0 Å². The lowest BCUT2D eigenvalue weighted by Crippen LogP contribution is -2.49. The van der Waals surface area contributed by atoms with Gasteiger partial charge in [-0.1, -0.05) is 29.8 Å². The van der Waals surface area contributed by atoms with E-state index in [9.17, 15) is 9.59 Å². The molecule has 3 rings (SSSR count). The maximum Gasteiger partial charge on any atom is 0.242 e. The van der Waals surface area contributed by atoms with Gasteiger partial charge in [0.15, 0.2) is 11.5 Å². The van der Waals surface area contributed by atoms with E-state index in [2.05, 4.69) is 5.32 Å². The molecule has 0 aromatic heterocycles. The fraction of sp³-hybridized carbons (Fsp3) is 0.417. The number of rotatable bonds is 8. The lowest BCUT2D eigenvalue weighted by atomic mass is 10.1. The number of aryl methyl sites for hydroxylation is 1. The van der Waals surface area contributed by atoms with Crippen LogP contribution in [0.15, 0.2) is 42.5 Å². The van der Waals surface area contributed by atoms with Crippen molar-refractivity contribution in [2.75, 3.05) is 13.2 Å². The van der Waals surface area contributed by atoms with Crippen LogP contribution in [0.3, 0.4) is 0 Å². The average molecular weight is 445 g/mol. The molecule has 1 aliphatic rings. The summed E-state index contributed by atoms with van der Waals surface area (Å²) in [6, 6.07) is 12.5. The molecule has 0 radical (unpaired) electrons. The van der Waals surface area contributed by atoms with Crippen molar-refractivity contribution in [2.45, 2.75) is 52.2 Å². The van der Waals surface area contributed by atoms with Crippen LogP contribution >= 0.6 is 11.6 Å². The summed E-state index contributed by atoms with van der Waals surface area (Å²) >= 11 is 6.11. The standard InChI is InChI=1S/C24H29ClN2O4/c1-16(2)26-24(29)17(3)27(15-19-5-4-6-20(25)13-19)23(28)10-8-18-7-9-21-22(14-18)31-12-11-30-21/h4-7,9,13-14,16-17H,8,10-12,15H2,1-3H3,(H,26,29). The molecule has 7 heteroatoms. The highest BCUT2D eigenvalue weighted by molar-refractivity contribution is 6.30. The summed E-state index contributed by atoms with van der Waals surface area (Å²) in [6.07, 6.45) is 0.819. The summed E-state index contributed by atoms with van der Waals surface area (Å²) in [5, 5.41) is 3.49. The third-order valence-corrected chi connectivity index (χ3v) is 5.31. The fourth-order valence-corrected chi connectivity index (χ4v) is 3.67. The van der Waals surface area contributed by atoms with Crippen molar-refractivity contribution < 1.29 is 19.1 Å². The van der Waals surface area contributed by atoms with E-state index in [0.717, 1.165) is 16.9 Å². The van der Waals surface area contributed by atoms with Crippen LogP contribution in [0.1, 0.15) is 38.3 Å². The van der Waals surface area contributed by atoms with Crippen molar-refractivity contribution >= 4 is 23.4 Å². The van der Waals surface area contributed by atoms with Gasteiger partial charge in [-0.2, -0.15) is 0 Å². The van der Waals surface area contributed by atoms with E-state index < -0.39 is 6.04 Å². The molecule has 0 fully saturated rings. The Bertz CT molecular complexity index is 932. The number of benzene rings is 2. The predicted molar refractivity (Wildman–Crippen MR) is 120 cm³/mol. The highest BCUT2D eigenvalue weighted by Gasteiger charge is 2.26. The normalized spacial score (nSPS) is 13.6. The van der Waals surface area contributed by atoms with Gasteiger partial charge in [-0.25, -0.2) is 0 Å². The van der Waals surface area contributed by atoms with Gasteiger partial charge in [0.25, 0.3) is 0 Å². The van der Waals surface area contributed by atoms with Crippen LogP contribution in [0, 0.1) is 0 Å². The first kappa shape index (κ1) is 22.9. The second kappa shape index (κ2) is 10.5. The largest absolute Gasteiger partial charge is 0.486 e. The summed E-state index contributed by atoms with van der Waals surface area (Å²) in [5.74, 6) is 1.16. The van der Waals surface area contributed by atoms with E-state index in [1.807, 2.05) is 50.2 Å². The zero-order valence-corrected chi connectivity index (χ0v) is 18.9. The Morgan fingerprint density at radius 3 is 2.48 bits per heavy atom. The molecule has 1 atom stereocenters. The molecular formula is C24H29ClN2O4. The average Bonchev–Trinajstić information content (AvgIpc) is 2.74. The predicted octanol–water partition coefficient (Wildman–Crippen LogP) is 3.99. The number of nitrogens with one attached hydrogen (secondary N) is 1. The van der Waals surface area contributed by atoms with E-state index in [0.29, 0.717) is 37.0 Å². The molecular weight excluding hydrogens is 416 g/mol. The minimum absolute atomic E-state index is 0.00390. The summed E-state index contributed by atoms with van der Waals surface area (Å²) in [7, 11) is 0. The summed E-state index contributed by atoms with van der Waals surface area (Å²) in [4.78, 5) is 27.4. The van der Waals surface area contributed by atoms with Crippen LogP contribution in [0.5, 0.6) is 11.5 Å². The molecule has 2 amide bonds. The third-order valence-electron chi connectivity index (χ3n) is 5.07. The van der Waals surface area contributed by atoms with Gasteiger partial charge in [0.1, 0.15) is 19.3 Å². The zero-order chi connectivity index (χ0) is 22.4. The molecule has 1 heterocycles. The highest BCUT2D eigenvalue weighted by Crippen LogP contribution is 2.31. The zero-order valence-electron chi connectivity index (χ0n) is 18.2. The fourth-order valence-electron chi connectivity index (χ4n) is 3.46. The number of hydrogen-bond donors (Lipinski definition) is 1. The lowest BCUT2D eigenvalue weighted by molar-refractivity contribution is -0.140. The van der Waals surface area contributed by atoms with Gasteiger partial charge in [-0.05, 0) is 62.6 Å². The number of halogens is 1. The van der Waals surface area contributed by atoms with E-state index in [1.54, 1.807) is 17.9 Å². The van der Waals surface area contributed by atoms with Crippen LogP contribution in [0.2, 0.25) is 5.02 Å². The summed E-state index contributed by atoms with van der Waals surface area (Å²) in [5.41, 5.74) is 1.86. The molecule has 0 bridgehead atoms. The van der Waals surface area contributed by atoms with E-state index >= 15 is 0 Å². The number of carbonyl (C=O) groups is 2. The Morgan fingerprint density at radius 2 is 1.77 bits per heavy atom. The van der Waals surface area contributed by atoms with E-state index in [1.165, 1.54) is 0 Å². The van der Waals surface area contributed by atoms with Crippen molar-refractivity contribution in [3.05, 3.63) is 58.6 Å². The molecule has 31 heavy (non-hydrogen) atoms.